The monoisotopic (exact) mass is 240 g/mol. The number of carbonyl (C=O) groups excluding carboxylic acids is 1. The van der Waals surface area contributed by atoms with E-state index < -0.39 is 0 Å². The summed E-state index contributed by atoms with van der Waals surface area (Å²) in [5.74, 6) is 0.916. The van der Waals surface area contributed by atoms with Crippen LogP contribution in [-0.4, -0.2) is 24.5 Å². The molecule has 17 heavy (non-hydrogen) atoms. The third kappa shape index (κ3) is 5.07. The summed E-state index contributed by atoms with van der Waals surface area (Å²) < 4.78 is 0. The van der Waals surface area contributed by atoms with Crippen LogP contribution in [0.4, 0.5) is 0 Å². The van der Waals surface area contributed by atoms with Crippen LogP contribution in [0.3, 0.4) is 0 Å². The second-order valence-corrected chi connectivity index (χ2v) is 5.30. The van der Waals surface area contributed by atoms with Crippen LogP contribution < -0.4 is 10.6 Å². The number of hydrogen-bond acceptors (Lipinski definition) is 2. The van der Waals surface area contributed by atoms with E-state index in [2.05, 4.69) is 31.4 Å². The standard InChI is InChI=1S/C14H28N2O/c1-4-13(5-2)16-14(17)10-15-11(3)12-8-6-7-9-12/h11-13,15H,4-10H2,1-3H3,(H,16,17)/t11-/m0/s1. The molecule has 0 heterocycles. The Hall–Kier alpha value is -0.570. The number of rotatable bonds is 7. The SMILES string of the molecule is CCC(CC)NC(=O)CN[C@@H](C)C1CCCC1. The van der Waals surface area contributed by atoms with Gasteiger partial charge in [-0.1, -0.05) is 26.7 Å². The predicted octanol–water partition coefficient (Wildman–Crippen LogP) is 2.46. The molecule has 0 aromatic heterocycles. The molecule has 1 rings (SSSR count). The maximum atomic E-state index is 11.7. The molecule has 0 aromatic rings. The molecule has 1 atom stereocenters. The highest BCUT2D eigenvalue weighted by atomic mass is 16.1. The highest BCUT2D eigenvalue weighted by molar-refractivity contribution is 5.78. The van der Waals surface area contributed by atoms with Crippen molar-refractivity contribution in [2.75, 3.05) is 6.54 Å². The fourth-order valence-electron chi connectivity index (χ4n) is 2.65. The lowest BCUT2D eigenvalue weighted by atomic mass is 10.00. The number of nitrogens with one attached hydrogen (secondary N) is 2. The fraction of sp³-hybridized carbons (Fsp3) is 0.929. The Morgan fingerprint density at radius 3 is 2.35 bits per heavy atom. The van der Waals surface area contributed by atoms with Crippen LogP contribution in [0, 0.1) is 5.92 Å². The van der Waals surface area contributed by atoms with E-state index in [0.717, 1.165) is 18.8 Å². The van der Waals surface area contributed by atoms with Crippen molar-refractivity contribution in [3.8, 4) is 0 Å². The number of carbonyl (C=O) groups is 1. The fourth-order valence-corrected chi connectivity index (χ4v) is 2.65. The predicted molar refractivity (Wildman–Crippen MR) is 71.9 cm³/mol. The van der Waals surface area contributed by atoms with Crippen molar-refractivity contribution in [1.82, 2.24) is 10.6 Å². The van der Waals surface area contributed by atoms with Crippen molar-refractivity contribution in [2.24, 2.45) is 5.92 Å². The van der Waals surface area contributed by atoms with Crippen LogP contribution in [0.25, 0.3) is 0 Å². The summed E-state index contributed by atoms with van der Waals surface area (Å²) in [4.78, 5) is 11.7. The highest BCUT2D eigenvalue weighted by Gasteiger charge is 2.21. The molecule has 0 spiro atoms. The molecular weight excluding hydrogens is 212 g/mol. The first-order valence-electron chi connectivity index (χ1n) is 7.20. The van der Waals surface area contributed by atoms with Gasteiger partial charge in [0.25, 0.3) is 0 Å². The van der Waals surface area contributed by atoms with E-state index in [1.807, 2.05) is 0 Å². The molecule has 100 valence electrons. The van der Waals surface area contributed by atoms with Crippen LogP contribution in [-0.2, 0) is 4.79 Å². The minimum atomic E-state index is 0.142. The van der Waals surface area contributed by atoms with Crippen molar-refractivity contribution in [3.05, 3.63) is 0 Å². The van der Waals surface area contributed by atoms with E-state index in [4.69, 9.17) is 0 Å². The first-order chi connectivity index (χ1) is 8.17. The summed E-state index contributed by atoms with van der Waals surface area (Å²) in [5.41, 5.74) is 0. The van der Waals surface area contributed by atoms with Gasteiger partial charge in [-0.15, -0.1) is 0 Å². The normalized spacial score (nSPS) is 18.6. The summed E-state index contributed by atoms with van der Waals surface area (Å²) in [6.07, 6.45) is 7.39. The van der Waals surface area contributed by atoms with Crippen molar-refractivity contribution < 1.29 is 4.79 Å². The van der Waals surface area contributed by atoms with Crippen LogP contribution in [0.1, 0.15) is 59.3 Å². The average Bonchev–Trinajstić information content (AvgIpc) is 2.86. The van der Waals surface area contributed by atoms with E-state index in [0.29, 0.717) is 18.6 Å². The first-order valence-corrected chi connectivity index (χ1v) is 7.20. The molecule has 1 saturated carbocycles. The van der Waals surface area contributed by atoms with Crippen LogP contribution in [0.5, 0.6) is 0 Å². The summed E-state index contributed by atoms with van der Waals surface area (Å²) in [6.45, 7) is 6.90. The Labute approximate surface area is 106 Å². The molecule has 0 bridgehead atoms. The summed E-state index contributed by atoms with van der Waals surface area (Å²) in [6, 6.07) is 0.816. The van der Waals surface area contributed by atoms with Gasteiger partial charge in [0.1, 0.15) is 0 Å². The van der Waals surface area contributed by atoms with Crippen molar-refractivity contribution >= 4 is 5.91 Å². The van der Waals surface area contributed by atoms with E-state index >= 15 is 0 Å². The quantitative estimate of drug-likeness (QED) is 0.717. The summed E-state index contributed by atoms with van der Waals surface area (Å²) in [7, 11) is 0. The molecule has 1 aliphatic rings. The van der Waals surface area contributed by atoms with Gasteiger partial charge in [0.2, 0.25) is 5.91 Å². The molecule has 0 aromatic carbocycles. The lowest BCUT2D eigenvalue weighted by molar-refractivity contribution is -0.121. The molecule has 1 aliphatic carbocycles. The Bertz CT molecular complexity index is 220. The van der Waals surface area contributed by atoms with E-state index in [1.54, 1.807) is 0 Å². The summed E-state index contributed by atoms with van der Waals surface area (Å²) in [5, 5.41) is 6.43. The van der Waals surface area contributed by atoms with Gasteiger partial charge in [0.15, 0.2) is 0 Å². The third-order valence-corrected chi connectivity index (χ3v) is 4.04. The Balaban J connectivity index is 2.18. The minimum absolute atomic E-state index is 0.142. The van der Waals surface area contributed by atoms with E-state index in [9.17, 15) is 4.79 Å². The van der Waals surface area contributed by atoms with Gasteiger partial charge in [-0.3, -0.25) is 4.79 Å². The van der Waals surface area contributed by atoms with Gasteiger partial charge in [0.05, 0.1) is 6.54 Å². The van der Waals surface area contributed by atoms with Gasteiger partial charge in [-0.05, 0) is 38.5 Å². The molecule has 0 radical (unpaired) electrons. The molecule has 1 fully saturated rings. The molecular formula is C14H28N2O. The average molecular weight is 240 g/mol. The smallest absolute Gasteiger partial charge is 0.234 e. The van der Waals surface area contributed by atoms with Crippen LogP contribution >= 0.6 is 0 Å². The second-order valence-electron chi connectivity index (χ2n) is 5.30. The maximum absolute atomic E-state index is 11.7. The lowest BCUT2D eigenvalue weighted by Gasteiger charge is -2.21. The Morgan fingerprint density at radius 2 is 1.82 bits per heavy atom. The molecule has 3 nitrogen and oxygen atoms in total. The second kappa shape index (κ2) is 7.70. The molecule has 2 N–H and O–H groups in total. The van der Waals surface area contributed by atoms with Crippen LogP contribution in [0.2, 0.25) is 0 Å². The van der Waals surface area contributed by atoms with Crippen molar-refractivity contribution in [1.29, 1.82) is 0 Å². The molecule has 0 unspecified atom stereocenters. The van der Waals surface area contributed by atoms with Gasteiger partial charge >= 0.3 is 0 Å². The Morgan fingerprint density at radius 1 is 1.24 bits per heavy atom. The zero-order valence-electron chi connectivity index (χ0n) is 11.6. The zero-order valence-corrected chi connectivity index (χ0v) is 11.6. The van der Waals surface area contributed by atoms with E-state index in [1.165, 1.54) is 25.7 Å². The van der Waals surface area contributed by atoms with Crippen LogP contribution in [0.15, 0.2) is 0 Å². The van der Waals surface area contributed by atoms with Gasteiger partial charge in [0, 0.05) is 12.1 Å². The highest BCUT2D eigenvalue weighted by Crippen LogP contribution is 2.27. The molecule has 0 saturated heterocycles. The number of hydrogen-bond donors (Lipinski definition) is 2. The van der Waals surface area contributed by atoms with Crippen molar-refractivity contribution in [2.45, 2.75) is 71.4 Å². The number of amides is 1. The lowest BCUT2D eigenvalue weighted by Crippen LogP contribution is -2.43. The zero-order chi connectivity index (χ0) is 12.7. The van der Waals surface area contributed by atoms with Crippen molar-refractivity contribution in [3.63, 3.8) is 0 Å². The maximum Gasteiger partial charge on any atom is 0.234 e. The molecule has 1 amide bonds. The topological polar surface area (TPSA) is 41.1 Å². The first kappa shape index (κ1) is 14.5. The summed E-state index contributed by atoms with van der Waals surface area (Å²) >= 11 is 0. The minimum Gasteiger partial charge on any atom is -0.352 e. The van der Waals surface area contributed by atoms with E-state index in [-0.39, 0.29) is 5.91 Å². The third-order valence-electron chi connectivity index (χ3n) is 4.04. The van der Waals surface area contributed by atoms with Gasteiger partial charge in [-0.25, -0.2) is 0 Å². The van der Waals surface area contributed by atoms with Gasteiger partial charge < -0.3 is 10.6 Å². The molecule has 3 heteroatoms. The van der Waals surface area contributed by atoms with Gasteiger partial charge in [-0.2, -0.15) is 0 Å². The largest absolute Gasteiger partial charge is 0.352 e. The Kier molecular flexibility index (Phi) is 6.56. The molecule has 0 aliphatic heterocycles.